The second-order valence-corrected chi connectivity index (χ2v) is 9.04. The number of hydrogen-bond acceptors (Lipinski definition) is 5. The smallest absolute Gasteiger partial charge is 0.238 e. The van der Waals surface area contributed by atoms with Gasteiger partial charge in [-0.15, -0.1) is 0 Å². The normalized spacial score (nSPS) is 16.3. The summed E-state index contributed by atoms with van der Waals surface area (Å²) in [5, 5.41) is 12.1. The zero-order chi connectivity index (χ0) is 22.0. The van der Waals surface area contributed by atoms with Gasteiger partial charge in [0.25, 0.3) is 0 Å². The topological polar surface area (TPSA) is 85.0 Å². The maximum atomic E-state index is 11.6. The van der Waals surface area contributed by atoms with Crippen LogP contribution >= 0.6 is 0 Å². The van der Waals surface area contributed by atoms with E-state index in [2.05, 4.69) is 31.2 Å². The predicted molar refractivity (Wildman–Crippen MR) is 123 cm³/mol. The fraction of sp³-hybridized carbons (Fsp3) is 0.208. The van der Waals surface area contributed by atoms with Crippen molar-refractivity contribution in [1.82, 2.24) is 0 Å². The van der Waals surface area contributed by atoms with Crippen LogP contribution in [0, 0.1) is 0 Å². The molecule has 3 aromatic rings. The van der Waals surface area contributed by atoms with E-state index in [0.29, 0.717) is 0 Å². The molecule has 6 nitrogen and oxygen atoms in total. The minimum atomic E-state index is -3.75. The van der Waals surface area contributed by atoms with E-state index in [4.69, 9.17) is 15.0 Å². The molecule has 0 spiro atoms. The van der Waals surface area contributed by atoms with Gasteiger partial charge in [-0.1, -0.05) is 43.3 Å². The number of nitrogens with two attached hydrogens (primary N) is 1. The third kappa shape index (κ3) is 4.47. The second kappa shape index (κ2) is 8.53. The minimum absolute atomic E-state index is 0.0212. The summed E-state index contributed by atoms with van der Waals surface area (Å²) in [6, 6.07) is 22.9. The summed E-state index contributed by atoms with van der Waals surface area (Å²) in [6.45, 7) is 2.13. The van der Waals surface area contributed by atoms with E-state index in [1.54, 1.807) is 19.2 Å². The molecule has 7 heteroatoms. The van der Waals surface area contributed by atoms with E-state index in [-0.39, 0.29) is 10.9 Å². The van der Waals surface area contributed by atoms with Gasteiger partial charge in [-0.3, -0.25) is 5.01 Å². The maximum Gasteiger partial charge on any atom is 0.238 e. The quantitative estimate of drug-likeness (QED) is 0.627. The van der Waals surface area contributed by atoms with E-state index < -0.39 is 10.0 Å². The Morgan fingerprint density at radius 1 is 1.00 bits per heavy atom. The molecule has 2 N–H and O–H groups in total. The molecule has 1 heterocycles. The van der Waals surface area contributed by atoms with Crippen molar-refractivity contribution in [2.24, 2.45) is 10.2 Å². The van der Waals surface area contributed by atoms with E-state index in [1.807, 2.05) is 29.3 Å². The lowest BCUT2D eigenvalue weighted by Gasteiger charge is -2.24. The van der Waals surface area contributed by atoms with Crippen molar-refractivity contribution in [3.63, 3.8) is 0 Å². The number of ether oxygens (including phenoxy) is 1. The molecular weight excluding hydrogens is 410 g/mol. The van der Waals surface area contributed by atoms with Crippen molar-refractivity contribution in [1.29, 1.82) is 0 Å². The first-order chi connectivity index (χ1) is 14.9. The van der Waals surface area contributed by atoms with Crippen LogP contribution in [0.5, 0.6) is 5.75 Å². The number of methoxy groups -OCH3 is 1. The van der Waals surface area contributed by atoms with Gasteiger partial charge >= 0.3 is 0 Å². The molecule has 1 aliphatic heterocycles. The minimum Gasteiger partial charge on any atom is -0.497 e. The van der Waals surface area contributed by atoms with Crippen LogP contribution in [0.15, 0.2) is 82.8 Å². The van der Waals surface area contributed by atoms with Gasteiger partial charge in [-0.2, -0.15) is 5.10 Å². The van der Waals surface area contributed by atoms with Crippen LogP contribution in [-0.2, 0) is 16.4 Å². The lowest BCUT2D eigenvalue weighted by Crippen LogP contribution is -2.19. The average Bonchev–Trinajstić information content (AvgIpc) is 3.24. The lowest BCUT2D eigenvalue weighted by molar-refractivity contribution is 0.414. The summed E-state index contributed by atoms with van der Waals surface area (Å²) in [5.74, 6) is 0.794. The SMILES string of the molecule is CCc1ccc(C2=NN(c3ccc(S(N)(=O)=O)cc3)C(c3ccc(OC)cc3)C2)cc1. The molecule has 0 bridgehead atoms. The zero-order valence-electron chi connectivity index (χ0n) is 17.5. The van der Waals surface area contributed by atoms with Gasteiger partial charge in [0.2, 0.25) is 10.0 Å². The number of primary sulfonamides is 1. The number of nitrogens with zero attached hydrogens (tertiary/aromatic N) is 2. The Balaban J connectivity index is 1.72. The number of benzene rings is 3. The Morgan fingerprint density at radius 2 is 1.65 bits per heavy atom. The molecule has 0 amide bonds. The maximum absolute atomic E-state index is 11.6. The molecule has 0 radical (unpaired) electrons. The summed E-state index contributed by atoms with van der Waals surface area (Å²) in [6.07, 6.45) is 1.72. The second-order valence-electron chi connectivity index (χ2n) is 7.47. The fourth-order valence-corrected chi connectivity index (χ4v) is 4.25. The Morgan fingerprint density at radius 3 is 2.19 bits per heavy atom. The van der Waals surface area contributed by atoms with Gasteiger partial charge in [-0.25, -0.2) is 13.6 Å². The molecule has 0 aliphatic carbocycles. The summed E-state index contributed by atoms with van der Waals surface area (Å²) in [4.78, 5) is 0.0794. The number of rotatable bonds is 6. The third-order valence-electron chi connectivity index (χ3n) is 5.54. The van der Waals surface area contributed by atoms with Crippen molar-refractivity contribution in [3.8, 4) is 5.75 Å². The van der Waals surface area contributed by atoms with Gasteiger partial charge < -0.3 is 4.74 Å². The number of sulfonamides is 1. The van der Waals surface area contributed by atoms with Gasteiger partial charge in [0, 0.05) is 6.42 Å². The Bertz CT molecular complexity index is 1190. The van der Waals surface area contributed by atoms with E-state index in [1.165, 1.54) is 17.7 Å². The summed E-state index contributed by atoms with van der Waals surface area (Å²) in [5.41, 5.74) is 5.25. The highest BCUT2D eigenvalue weighted by Crippen LogP contribution is 2.37. The highest BCUT2D eigenvalue weighted by molar-refractivity contribution is 7.89. The highest BCUT2D eigenvalue weighted by Gasteiger charge is 2.30. The van der Waals surface area contributed by atoms with Gasteiger partial charge in [0.1, 0.15) is 5.75 Å². The van der Waals surface area contributed by atoms with Crippen LogP contribution in [0.25, 0.3) is 0 Å². The number of hydrazone groups is 1. The number of aryl methyl sites for hydroxylation is 1. The predicted octanol–water partition coefficient (Wildman–Crippen LogP) is 4.26. The van der Waals surface area contributed by atoms with Crippen molar-refractivity contribution >= 4 is 21.4 Å². The Kier molecular flexibility index (Phi) is 5.80. The van der Waals surface area contributed by atoms with Crippen molar-refractivity contribution in [3.05, 3.63) is 89.5 Å². The van der Waals surface area contributed by atoms with Gasteiger partial charge in [0.15, 0.2) is 0 Å². The molecule has 31 heavy (non-hydrogen) atoms. The molecule has 4 rings (SSSR count). The van der Waals surface area contributed by atoms with Crippen LogP contribution in [0.2, 0.25) is 0 Å². The molecule has 0 aromatic heterocycles. The summed E-state index contributed by atoms with van der Waals surface area (Å²) in [7, 11) is -2.10. The molecule has 0 saturated carbocycles. The van der Waals surface area contributed by atoms with Crippen LogP contribution in [0.1, 0.15) is 36.1 Å². The van der Waals surface area contributed by atoms with Crippen LogP contribution < -0.4 is 14.9 Å². The van der Waals surface area contributed by atoms with Gasteiger partial charge in [-0.05, 0) is 59.5 Å². The third-order valence-corrected chi connectivity index (χ3v) is 6.47. The standard InChI is InChI=1S/C24H25N3O3S/c1-3-17-4-6-18(7-5-17)23-16-24(19-8-12-21(30-2)13-9-19)27(26-23)20-10-14-22(15-11-20)31(25,28)29/h4-15,24H,3,16H2,1-2H3,(H2,25,28,29). The zero-order valence-corrected chi connectivity index (χ0v) is 18.3. The number of hydrogen-bond donors (Lipinski definition) is 1. The van der Waals surface area contributed by atoms with Crippen molar-refractivity contribution < 1.29 is 13.2 Å². The summed E-state index contributed by atoms with van der Waals surface area (Å²) < 4.78 is 28.5. The average molecular weight is 436 g/mol. The van der Waals surface area contributed by atoms with Crippen molar-refractivity contribution in [2.75, 3.05) is 12.1 Å². The fourth-order valence-electron chi connectivity index (χ4n) is 3.73. The lowest BCUT2D eigenvalue weighted by atomic mass is 9.97. The Hall–Kier alpha value is -3.16. The highest BCUT2D eigenvalue weighted by atomic mass is 32.2. The largest absolute Gasteiger partial charge is 0.497 e. The van der Waals surface area contributed by atoms with E-state index >= 15 is 0 Å². The molecular formula is C24H25N3O3S. The molecule has 3 aromatic carbocycles. The number of anilines is 1. The first-order valence-electron chi connectivity index (χ1n) is 10.1. The molecule has 0 saturated heterocycles. The summed E-state index contributed by atoms with van der Waals surface area (Å²) >= 11 is 0. The molecule has 0 fully saturated rings. The molecule has 1 atom stereocenters. The van der Waals surface area contributed by atoms with Crippen LogP contribution in [0.3, 0.4) is 0 Å². The van der Waals surface area contributed by atoms with Gasteiger partial charge in [0.05, 0.1) is 29.4 Å². The molecule has 1 aliphatic rings. The van der Waals surface area contributed by atoms with Crippen LogP contribution in [0.4, 0.5) is 5.69 Å². The monoisotopic (exact) mass is 435 g/mol. The van der Waals surface area contributed by atoms with Crippen molar-refractivity contribution in [2.45, 2.75) is 30.7 Å². The Labute approximate surface area is 183 Å². The van der Waals surface area contributed by atoms with E-state index in [0.717, 1.165) is 41.1 Å². The first-order valence-corrected chi connectivity index (χ1v) is 11.7. The molecule has 160 valence electrons. The first kappa shape index (κ1) is 21.1. The molecule has 1 unspecified atom stereocenters. The van der Waals surface area contributed by atoms with Crippen LogP contribution in [-0.4, -0.2) is 21.2 Å². The van der Waals surface area contributed by atoms with E-state index in [9.17, 15) is 8.42 Å².